The van der Waals surface area contributed by atoms with Gasteiger partial charge in [0.1, 0.15) is 31.0 Å². The Balaban J connectivity index is 2.33. The number of aliphatic hydroxyl groups is 4. The topological polar surface area (TPSA) is 152 Å². The van der Waals surface area contributed by atoms with E-state index in [1.165, 1.54) is 83.5 Å². The molecule has 1 saturated heterocycles. The molecule has 0 bridgehead atoms. The summed E-state index contributed by atoms with van der Waals surface area (Å²) < 4.78 is 22.1. The highest BCUT2D eigenvalue weighted by Gasteiger charge is 2.44. The second-order valence-electron chi connectivity index (χ2n) is 15.8. The molecule has 1 rings (SSSR count). The number of hydrogen-bond donors (Lipinski definition) is 4. The van der Waals surface area contributed by atoms with Crippen LogP contribution in [0.1, 0.15) is 181 Å². The van der Waals surface area contributed by atoms with Gasteiger partial charge in [-0.3, -0.25) is 9.59 Å². The molecule has 4 N–H and O–H groups in total. The maximum absolute atomic E-state index is 12.8. The van der Waals surface area contributed by atoms with Crippen LogP contribution < -0.4 is 0 Å². The van der Waals surface area contributed by atoms with Crippen LogP contribution in [0.3, 0.4) is 0 Å². The minimum Gasteiger partial charge on any atom is -0.462 e. The molecule has 6 unspecified atom stereocenters. The number of aliphatic hydroxyl groups excluding tert-OH is 4. The third kappa shape index (κ3) is 31.0. The van der Waals surface area contributed by atoms with Gasteiger partial charge in [-0.25, -0.2) is 0 Å². The molecule has 0 saturated carbocycles. The second-order valence-corrected chi connectivity index (χ2v) is 15.8. The molecule has 0 aromatic heterocycles. The Morgan fingerprint density at radius 1 is 0.542 bits per heavy atom. The molecule has 6 atom stereocenters. The first-order chi connectivity index (χ1) is 28.8. The minimum absolute atomic E-state index is 0.175. The van der Waals surface area contributed by atoms with Gasteiger partial charge in [-0.15, -0.1) is 0 Å². The van der Waals surface area contributed by atoms with E-state index < -0.39 is 55.4 Å². The van der Waals surface area contributed by atoms with Crippen molar-refractivity contribution in [3.8, 4) is 0 Å². The Bertz CT molecular complexity index is 1150. The lowest BCUT2D eigenvalue weighted by Gasteiger charge is -2.39. The van der Waals surface area contributed by atoms with Gasteiger partial charge >= 0.3 is 11.9 Å². The predicted octanol–water partition coefficient (Wildman–Crippen LogP) is 10.2. The van der Waals surface area contributed by atoms with E-state index in [2.05, 4.69) is 74.6 Å². The van der Waals surface area contributed by atoms with E-state index in [9.17, 15) is 30.0 Å². The lowest BCUT2D eigenvalue weighted by Crippen LogP contribution is -2.59. The quantitative estimate of drug-likeness (QED) is 0.0269. The van der Waals surface area contributed by atoms with Crippen molar-refractivity contribution in [2.45, 2.75) is 218 Å². The summed E-state index contributed by atoms with van der Waals surface area (Å²) in [7, 11) is 0. The smallest absolute Gasteiger partial charge is 0.306 e. The fourth-order valence-electron chi connectivity index (χ4n) is 6.70. The van der Waals surface area contributed by atoms with Gasteiger partial charge in [-0.2, -0.15) is 0 Å². The highest BCUT2D eigenvalue weighted by Crippen LogP contribution is 2.22. The van der Waals surface area contributed by atoms with E-state index in [1.807, 2.05) is 0 Å². The van der Waals surface area contributed by atoms with Gasteiger partial charge in [-0.1, -0.05) is 152 Å². The maximum atomic E-state index is 12.8. The van der Waals surface area contributed by atoms with Gasteiger partial charge < -0.3 is 39.4 Å². The first kappa shape index (κ1) is 54.4. The Kier molecular flexibility index (Phi) is 36.5. The van der Waals surface area contributed by atoms with Crippen LogP contribution in [0.25, 0.3) is 0 Å². The molecule has 10 nitrogen and oxygen atoms in total. The normalized spacial score (nSPS) is 20.5. The first-order valence-electron chi connectivity index (χ1n) is 23.4. The molecule has 59 heavy (non-hydrogen) atoms. The molecule has 1 heterocycles. The van der Waals surface area contributed by atoms with Gasteiger partial charge in [0, 0.05) is 12.8 Å². The van der Waals surface area contributed by atoms with Crippen molar-refractivity contribution in [3.05, 3.63) is 60.8 Å². The highest BCUT2D eigenvalue weighted by molar-refractivity contribution is 5.70. The molecular weight excluding hydrogens is 749 g/mol. The lowest BCUT2D eigenvalue weighted by molar-refractivity contribution is -0.305. The summed E-state index contributed by atoms with van der Waals surface area (Å²) in [4.78, 5) is 25.3. The van der Waals surface area contributed by atoms with Crippen molar-refractivity contribution in [2.75, 3.05) is 19.8 Å². The van der Waals surface area contributed by atoms with E-state index in [4.69, 9.17) is 18.9 Å². The number of unbranched alkanes of at least 4 members (excludes halogenated alkanes) is 17. The van der Waals surface area contributed by atoms with Crippen LogP contribution in [0.5, 0.6) is 0 Å². The van der Waals surface area contributed by atoms with Crippen LogP contribution >= 0.6 is 0 Å². The highest BCUT2D eigenvalue weighted by atomic mass is 16.7. The summed E-state index contributed by atoms with van der Waals surface area (Å²) in [6.07, 6.45) is 40.9. The third-order valence-electron chi connectivity index (χ3n) is 10.4. The van der Waals surface area contributed by atoms with Crippen molar-refractivity contribution in [2.24, 2.45) is 0 Å². The predicted molar refractivity (Wildman–Crippen MR) is 238 cm³/mol. The summed E-state index contributed by atoms with van der Waals surface area (Å²) in [5, 5.41) is 40.1. The van der Waals surface area contributed by atoms with E-state index in [-0.39, 0.29) is 26.1 Å². The molecule has 1 aliphatic heterocycles. The monoisotopic (exact) mass is 833 g/mol. The molecule has 0 aliphatic carbocycles. The minimum atomic E-state index is -1.60. The summed E-state index contributed by atoms with van der Waals surface area (Å²) in [6.45, 7) is 3.26. The zero-order valence-corrected chi connectivity index (χ0v) is 37.0. The summed E-state index contributed by atoms with van der Waals surface area (Å²) in [5.74, 6) is -0.859. The largest absolute Gasteiger partial charge is 0.462 e. The van der Waals surface area contributed by atoms with Crippen molar-refractivity contribution in [1.82, 2.24) is 0 Å². The summed E-state index contributed by atoms with van der Waals surface area (Å²) >= 11 is 0. The number of esters is 2. The standard InChI is InChI=1S/C49H84O10/c1-3-5-7-9-11-13-15-17-19-20-21-22-24-25-27-29-31-33-35-37-44(51)56-40-42(41-57-49-48(55)47(54)46(53)43(39-50)59-49)58-45(52)38-36-34-32-30-28-26-23-18-16-14-12-10-8-6-4-2/h6,8,12,14,17-19,23,28,30,42-43,46-50,53-55H,3-5,7,9-11,13,15-16,20-22,24-27,29,31-41H2,1-2H3/b8-6-,14-12-,19-17-,23-18-,30-28-. The molecule has 1 aliphatic rings. The van der Waals surface area contributed by atoms with E-state index >= 15 is 0 Å². The van der Waals surface area contributed by atoms with E-state index in [0.717, 1.165) is 64.2 Å². The molecular formula is C49H84O10. The van der Waals surface area contributed by atoms with Crippen LogP contribution in [0.4, 0.5) is 0 Å². The number of rotatable bonds is 38. The number of carbonyl (C=O) groups excluding carboxylic acids is 2. The molecule has 0 spiro atoms. The van der Waals surface area contributed by atoms with Crippen molar-refractivity contribution in [3.63, 3.8) is 0 Å². The van der Waals surface area contributed by atoms with Crippen LogP contribution in [-0.4, -0.2) is 89.0 Å². The molecule has 0 aromatic rings. The molecule has 10 heteroatoms. The van der Waals surface area contributed by atoms with E-state index in [1.54, 1.807) is 0 Å². The number of allylic oxidation sites excluding steroid dienone is 10. The van der Waals surface area contributed by atoms with E-state index in [0.29, 0.717) is 6.42 Å². The molecule has 0 aromatic carbocycles. The van der Waals surface area contributed by atoms with Crippen molar-refractivity contribution in [1.29, 1.82) is 0 Å². The number of hydrogen-bond acceptors (Lipinski definition) is 10. The van der Waals surface area contributed by atoms with Gasteiger partial charge in [0.25, 0.3) is 0 Å². The fourth-order valence-corrected chi connectivity index (χ4v) is 6.70. The molecule has 1 fully saturated rings. The van der Waals surface area contributed by atoms with Crippen LogP contribution in [0.15, 0.2) is 60.8 Å². The maximum Gasteiger partial charge on any atom is 0.306 e. The average Bonchev–Trinajstić information content (AvgIpc) is 3.23. The van der Waals surface area contributed by atoms with Gasteiger partial charge in [-0.05, 0) is 77.0 Å². The van der Waals surface area contributed by atoms with Crippen LogP contribution in [0, 0.1) is 0 Å². The zero-order chi connectivity index (χ0) is 43.0. The number of carbonyl (C=O) groups is 2. The molecule has 0 radical (unpaired) electrons. The SMILES string of the molecule is CC/C=C\C/C=C\C/C=C\C/C=C\CCCCC(=O)OC(COC(=O)CCCCCCCCCCC/C=C\CCCCCCCC)COC1OC(CO)C(O)C(O)C1O. The summed E-state index contributed by atoms with van der Waals surface area (Å²) in [6, 6.07) is 0. The second kappa shape index (κ2) is 39.5. The average molecular weight is 833 g/mol. The Morgan fingerprint density at radius 3 is 1.56 bits per heavy atom. The lowest BCUT2D eigenvalue weighted by atomic mass is 9.99. The fraction of sp³-hybridized carbons (Fsp3) is 0.755. The number of ether oxygens (including phenoxy) is 4. The Labute approximate surface area is 358 Å². The van der Waals surface area contributed by atoms with Crippen LogP contribution in [0.2, 0.25) is 0 Å². The van der Waals surface area contributed by atoms with Gasteiger partial charge in [0.15, 0.2) is 12.4 Å². The van der Waals surface area contributed by atoms with Gasteiger partial charge in [0.05, 0.1) is 13.2 Å². The Morgan fingerprint density at radius 2 is 1.00 bits per heavy atom. The summed E-state index contributed by atoms with van der Waals surface area (Å²) in [5.41, 5.74) is 0. The first-order valence-corrected chi connectivity index (χ1v) is 23.4. The zero-order valence-electron chi connectivity index (χ0n) is 37.0. The van der Waals surface area contributed by atoms with Crippen molar-refractivity contribution < 1.29 is 49.0 Å². The van der Waals surface area contributed by atoms with Gasteiger partial charge in [0.2, 0.25) is 0 Å². The molecule has 0 amide bonds. The molecule has 340 valence electrons. The van der Waals surface area contributed by atoms with Crippen molar-refractivity contribution >= 4 is 11.9 Å². The Hall–Kier alpha value is -2.60. The van der Waals surface area contributed by atoms with Crippen LogP contribution in [-0.2, 0) is 28.5 Å². The third-order valence-corrected chi connectivity index (χ3v) is 10.4.